The molecule has 11 heteroatoms. The third-order valence-electron chi connectivity index (χ3n) is 5.84. The number of phenols is 1. The van der Waals surface area contributed by atoms with Crippen molar-refractivity contribution in [2.75, 3.05) is 6.54 Å². The molecule has 9 N–H and O–H groups in total. The van der Waals surface area contributed by atoms with Crippen LogP contribution in [0.15, 0.2) is 24.3 Å². The summed E-state index contributed by atoms with van der Waals surface area (Å²) in [5.74, 6) is -3.44. The number of benzene rings is 1. The van der Waals surface area contributed by atoms with Crippen LogP contribution >= 0.6 is 0 Å². The molecule has 0 fully saturated rings. The number of carbonyl (C=O) groups is 4. The second kappa shape index (κ2) is 15.0. The van der Waals surface area contributed by atoms with Crippen LogP contribution in [0.1, 0.15) is 52.5 Å². The van der Waals surface area contributed by atoms with Gasteiger partial charge in [-0.15, -0.1) is 0 Å². The van der Waals surface area contributed by atoms with Crippen LogP contribution in [0.4, 0.5) is 0 Å². The number of phenolic OH excluding ortho intramolecular Hbond substituents is 1. The van der Waals surface area contributed by atoms with Crippen molar-refractivity contribution in [2.24, 2.45) is 23.3 Å². The Morgan fingerprint density at radius 1 is 0.833 bits per heavy atom. The average Bonchev–Trinajstić information content (AvgIpc) is 2.81. The van der Waals surface area contributed by atoms with E-state index in [-0.39, 0.29) is 24.5 Å². The number of hydrogen-bond donors (Lipinski definition) is 7. The van der Waals surface area contributed by atoms with Crippen molar-refractivity contribution in [1.82, 2.24) is 16.0 Å². The molecule has 0 bridgehead atoms. The number of nitrogens with one attached hydrogen (secondary N) is 3. The topological polar surface area (TPSA) is 197 Å². The Hall–Kier alpha value is -3.18. The molecule has 1 aromatic rings. The maximum absolute atomic E-state index is 13.2. The lowest BCUT2D eigenvalue weighted by Gasteiger charge is -2.26. The van der Waals surface area contributed by atoms with Crippen LogP contribution < -0.4 is 27.4 Å². The van der Waals surface area contributed by atoms with E-state index in [2.05, 4.69) is 16.0 Å². The molecule has 11 nitrogen and oxygen atoms in total. The zero-order chi connectivity index (χ0) is 27.4. The van der Waals surface area contributed by atoms with Gasteiger partial charge in [-0.05, 0) is 55.3 Å². The molecule has 1 rings (SSSR count). The summed E-state index contributed by atoms with van der Waals surface area (Å²) in [4.78, 5) is 50.5. The molecule has 4 atom stereocenters. The van der Waals surface area contributed by atoms with E-state index in [1.54, 1.807) is 39.8 Å². The first-order valence-corrected chi connectivity index (χ1v) is 12.2. The predicted octanol–water partition coefficient (Wildman–Crippen LogP) is 0.242. The molecule has 0 aromatic heterocycles. The van der Waals surface area contributed by atoms with E-state index in [1.807, 2.05) is 0 Å². The summed E-state index contributed by atoms with van der Waals surface area (Å²) in [7, 11) is 0. The molecule has 0 spiro atoms. The van der Waals surface area contributed by atoms with Gasteiger partial charge in [0, 0.05) is 6.42 Å². The molecule has 3 amide bonds. The predicted molar refractivity (Wildman–Crippen MR) is 136 cm³/mol. The normalized spacial score (nSPS) is 14.6. The van der Waals surface area contributed by atoms with E-state index in [0.717, 1.165) is 0 Å². The molecule has 0 saturated carbocycles. The second-order valence-corrected chi connectivity index (χ2v) is 9.62. The second-order valence-electron chi connectivity index (χ2n) is 9.62. The van der Waals surface area contributed by atoms with Crippen LogP contribution in [-0.4, -0.2) is 64.6 Å². The number of rotatable bonds is 15. The summed E-state index contributed by atoms with van der Waals surface area (Å²) < 4.78 is 0. The fourth-order valence-electron chi connectivity index (χ4n) is 3.45. The van der Waals surface area contributed by atoms with Crippen molar-refractivity contribution >= 4 is 23.7 Å². The monoisotopic (exact) mass is 507 g/mol. The average molecular weight is 508 g/mol. The zero-order valence-electron chi connectivity index (χ0n) is 21.5. The van der Waals surface area contributed by atoms with Crippen molar-refractivity contribution in [2.45, 2.75) is 77.5 Å². The largest absolute Gasteiger partial charge is 0.508 e. The van der Waals surface area contributed by atoms with Gasteiger partial charge in [0.2, 0.25) is 17.7 Å². The zero-order valence-corrected chi connectivity index (χ0v) is 21.5. The minimum atomic E-state index is -1.19. The van der Waals surface area contributed by atoms with Gasteiger partial charge in [-0.1, -0.05) is 39.8 Å². The summed E-state index contributed by atoms with van der Waals surface area (Å²) in [6.07, 6.45) is 1.53. The van der Waals surface area contributed by atoms with E-state index >= 15 is 0 Å². The molecule has 36 heavy (non-hydrogen) atoms. The van der Waals surface area contributed by atoms with Gasteiger partial charge < -0.3 is 37.6 Å². The van der Waals surface area contributed by atoms with E-state index in [1.165, 1.54) is 12.1 Å². The lowest BCUT2D eigenvalue weighted by atomic mass is 10.0. The number of aliphatic carboxylic acids is 1. The molecular weight excluding hydrogens is 466 g/mol. The molecular formula is C25H41N5O6. The number of carboxylic acids is 1. The Labute approximate surface area is 212 Å². The number of carboxylic acid groups (broad SMARTS) is 1. The van der Waals surface area contributed by atoms with E-state index in [0.29, 0.717) is 24.9 Å². The Morgan fingerprint density at radius 2 is 1.39 bits per heavy atom. The molecule has 0 saturated heterocycles. The Bertz CT molecular complexity index is 874. The van der Waals surface area contributed by atoms with Gasteiger partial charge >= 0.3 is 5.97 Å². The highest BCUT2D eigenvalue weighted by atomic mass is 16.4. The van der Waals surface area contributed by atoms with Crippen molar-refractivity contribution in [3.05, 3.63) is 29.8 Å². The van der Waals surface area contributed by atoms with Crippen molar-refractivity contribution in [3.8, 4) is 5.75 Å². The van der Waals surface area contributed by atoms with Crippen molar-refractivity contribution < 1.29 is 29.4 Å². The molecule has 202 valence electrons. The highest BCUT2D eigenvalue weighted by molar-refractivity contribution is 5.94. The number of aromatic hydroxyl groups is 1. The van der Waals surface area contributed by atoms with Crippen LogP contribution in [0.5, 0.6) is 5.75 Å². The number of amides is 3. The Morgan fingerprint density at radius 3 is 1.89 bits per heavy atom. The van der Waals surface area contributed by atoms with Crippen molar-refractivity contribution in [3.63, 3.8) is 0 Å². The first kappa shape index (κ1) is 30.9. The van der Waals surface area contributed by atoms with Gasteiger partial charge in [-0.2, -0.15) is 0 Å². The molecule has 4 unspecified atom stereocenters. The molecule has 0 heterocycles. The summed E-state index contributed by atoms with van der Waals surface area (Å²) in [5.41, 5.74) is 12.1. The molecule has 0 radical (unpaired) electrons. The SMILES string of the molecule is CC(C)C(N)C(=O)NC(CCCCN)C(=O)NC(Cc1ccc(O)cc1)C(=O)NC(C(=O)O)C(C)C. The van der Waals surface area contributed by atoms with Gasteiger partial charge in [0.05, 0.1) is 6.04 Å². The van der Waals surface area contributed by atoms with Gasteiger partial charge in [-0.25, -0.2) is 4.79 Å². The minimum absolute atomic E-state index is 0.0390. The quantitative estimate of drug-likeness (QED) is 0.164. The van der Waals surface area contributed by atoms with Crippen molar-refractivity contribution in [1.29, 1.82) is 0 Å². The number of unbranched alkanes of at least 4 members (excludes halogenated alkanes) is 1. The van der Waals surface area contributed by atoms with Gasteiger partial charge in [-0.3, -0.25) is 14.4 Å². The minimum Gasteiger partial charge on any atom is -0.508 e. The van der Waals surface area contributed by atoms with E-state index < -0.39 is 53.8 Å². The highest BCUT2D eigenvalue weighted by Gasteiger charge is 2.31. The Kier molecular flexibility index (Phi) is 12.9. The maximum Gasteiger partial charge on any atom is 0.326 e. The smallest absolute Gasteiger partial charge is 0.326 e. The lowest BCUT2D eigenvalue weighted by Crippen LogP contribution is -2.58. The van der Waals surface area contributed by atoms with Crippen LogP contribution in [0.2, 0.25) is 0 Å². The van der Waals surface area contributed by atoms with Gasteiger partial charge in [0.1, 0.15) is 23.9 Å². The number of hydrogen-bond acceptors (Lipinski definition) is 7. The van der Waals surface area contributed by atoms with Gasteiger partial charge in [0.25, 0.3) is 0 Å². The van der Waals surface area contributed by atoms with Crippen LogP contribution in [0.25, 0.3) is 0 Å². The number of nitrogens with two attached hydrogens (primary N) is 2. The summed E-state index contributed by atoms with van der Waals surface area (Å²) in [6.45, 7) is 7.32. The Balaban J connectivity index is 3.16. The van der Waals surface area contributed by atoms with Crippen LogP contribution in [0.3, 0.4) is 0 Å². The van der Waals surface area contributed by atoms with E-state index in [4.69, 9.17) is 11.5 Å². The van der Waals surface area contributed by atoms with E-state index in [9.17, 15) is 29.4 Å². The summed E-state index contributed by atoms with van der Waals surface area (Å²) >= 11 is 0. The third kappa shape index (κ3) is 10.2. The standard InChI is InChI=1S/C25H41N5O6/c1-14(2)20(27)24(34)28-18(7-5-6-12-26)22(32)29-19(13-16-8-10-17(31)11-9-16)23(33)30-21(15(3)4)25(35)36/h8-11,14-15,18-21,31H,5-7,12-13,26-27H2,1-4H3,(H,28,34)(H,29,32)(H,30,33)(H,35,36). The first-order chi connectivity index (χ1) is 16.9. The first-order valence-electron chi connectivity index (χ1n) is 12.2. The molecule has 0 aliphatic heterocycles. The number of carbonyl (C=O) groups excluding carboxylic acids is 3. The fraction of sp³-hybridized carbons (Fsp3) is 0.600. The molecule has 0 aliphatic rings. The van der Waals surface area contributed by atoms with Crippen LogP contribution in [-0.2, 0) is 25.6 Å². The van der Waals surface area contributed by atoms with Crippen LogP contribution in [0, 0.1) is 11.8 Å². The maximum atomic E-state index is 13.2. The highest BCUT2D eigenvalue weighted by Crippen LogP contribution is 2.13. The summed E-state index contributed by atoms with van der Waals surface area (Å²) in [5, 5.41) is 26.9. The molecule has 1 aromatic carbocycles. The lowest BCUT2D eigenvalue weighted by molar-refractivity contribution is -0.143. The summed E-state index contributed by atoms with van der Waals surface area (Å²) in [6, 6.07) is 2.04. The third-order valence-corrected chi connectivity index (χ3v) is 5.84. The molecule has 0 aliphatic carbocycles. The fourth-order valence-corrected chi connectivity index (χ4v) is 3.45. The van der Waals surface area contributed by atoms with Gasteiger partial charge in [0.15, 0.2) is 0 Å².